The molecule has 0 spiro atoms. The van der Waals surface area contributed by atoms with Crippen molar-refractivity contribution in [2.45, 2.75) is 6.92 Å². The molecule has 1 heterocycles. The van der Waals surface area contributed by atoms with Crippen LogP contribution in [0.1, 0.15) is 16.2 Å². The summed E-state index contributed by atoms with van der Waals surface area (Å²) in [6.07, 6.45) is 0. The van der Waals surface area contributed by atoms with E-state index in [1.54, 1.807) is 18.0 Å². The minimum atomic E-state index is -0.121. The van der Waals surface area contributed by atoms with Crippen molar-refractivity contribution in [3.8, 4) is 0 Å². The summed E-state index contributed by atoms with van der Waals surface area (Å²) in [5, 5.41) is 9.07. The number of carbonyl (C=O) groups is 1. The van der Waals surface area contributed by atoms with Gasteiger partial charge < -0.3 is 4.90 Å². The topological polar surface area (TPSA) is 49.0 Å². The molecule has 0 aliphatic rings. The molecule has 0 saturated carbocycles. The number of nitrogens with one attached hydrogen (secondary N) is 1. The minimum absolute atomic E-state index is 0.121. The van der Waals surface area contributed by atoms with Crippen LogP contribution < -0.4 is 4.90 Å². The summed E-state index contributed by atoms with van der Waals surface area (Å²) in [6, 6.07) is 15.8. The normalized spacial score (nSPS) is 10.7. The second kappa shape index (κ2) is 4.81. The smallest absolute Gasteiger partial charge is 0.278 e. The van der Waals surface area contributed by atoms with Crippen LogP contribution in [0.3, 0.4) is 0 Å². The average molecular weight is 265 g/mol. The number of aryl methyl sites for hydroxylation is 1. The van der Waals surface area contributed by atoms with Crippen molar-refractivity contribution in [1.82, 2.24) is 10.2 Å². The molecule has 0 saturated heterocycles. The number of nitrogens with zero attached hydrogens (tertiary/aromatic N) is 2. The molecule has 4 nitrogen and oxygen atoms in total. The van der Waals surface area contributed by atoms with Crippen molar-refractivity contribution in [3.63, 3.8) is 0 Å². The molecule has 0 bridgehead atoms. The lowest BCUT2D eigenvalue weighted by Gasteiger charge is -2.16. The quantitative estimate of drug-likeness (QED) is 0.773. The van der Waals surface area contributed by atoms with Gasteiger partial charge in [-0.2, -0.15) is 5.10 Å². The van der Waals surface area contributed by atoms with E-state index in [1.807, 2.05) is 43.3 Å². The number of carbonyl (C=O) groups excluding carboxylic acids is 1. The van der Waals surface area contributed by atoms with E-state index in [-0.39, 0.29) is 5.91 Å². The van der Waals surface area contributed by atoms with Crippen LogP contribution in [0.15, 0.2) is 48.5 Å². The predicted molar refractivity (Wildman–Crippen MR) is 80.0 cm³/mol. The maximum Gasteiger partial charge on any atom is 0.278 e. The lowest BCUT2D eigenvalue weighted by Crippen LogP contribution is -2.26. The molecule has 2 aromatic carbocycles. The maximum atomic E-state index is 12.3. The number of hydrogen-bond acceptors (Lipinski definition) is 2. The SMILES string of the molecule is Cc1cc(C(=O)N(C)c2ccc3ccccc3c2)n[nH]1. The van der Waals surface area contributed by atoms with E-state index >= 15 is 0 Å². The molecule has 1 N–H and O–H groups in total. The van der Waals surface area contributed by atoms with Crippen LogP contribution in [-0.4, -0.2) is 23.2 Å². The maximum absolute atomic E-state index is 12.3. The van der Waals surface area contributed by atoms with E-state index in [4.69, 9.17) is 0 Å². The number of anilines is 1. The van der Waals surface area contributed by atoms with Gasteiger partial charge in [0.05, 0.1) is 0 Å². The fraction of sp³-hybridized carbons (Fsp3) is 0.125. The van der Waals surface area contributed by atoms with Gasteiger partial charge in [-0.05, 0) is 35.9 Å². The van der Waals surface area contributed by atoms with Crippen LogP contribution in [0.4, 0.5) is 5.69 Å². The van der Waals surface area contributed by atoms with Crippen molar-refractivity contribution in [1.29, 1.82) is 0 Å². The zero-order chi connectivity index (χ0) is 14.1. The fourth-order valence-corrected chi connectivity index (χ4v) is 2.20. The summed E-state index contributed by atoms with van der Waals surface area (Å²) < 4.78 is 0. The van der Waals surface area contributed by atoms with Gasteiger partial charge in [0.25, 0.3) is 5.91 Å². The second-order valence-electron chi connectivity index (χ2n) is 4.83. The average Bonchev–Trinajstić information content (AvgIpc) is 2.92. The zero-order valence-corrected chi connectivity index (χ0v) is 11.4. The summed E-state index contributed by atoms with van der Waals surface area (Å²) in [5.41, 5.74) is 2.16. The Bertz CT molecular complexity index is 776. The third kappa shape index (κ3) is 2.16. The molecule has 20 heavy (non-hydrogen) atoms. The van der Waals surface area contributed by atoms with Gasteiger partial charge in [-0.25, -0.2) is 0 Å². The zero-order valence-electron chi connectivity index (χ0n) is 11.4. The lowest BCUT2D eigenvalue weighted by molar-refractivity contribution is 0.0988. The summed E-state index contributed by atoms with van der Waals surface area (Å²) in [7, 11) is 1.76. The largest absolute Gasteiger partial charge is 0.310 e. The van der Waals surface area contributed by atoms with Gasteiger partial charge >= 0.3 is 0 Å². The number of aromatic nitrogens is 2. The highest BCUT2D eigenvalue weighted by atomic mass is 16.2. The van der Waals surface area contributed by atoms with Crippen molar-refractivity contribution in [2.24, 2.45) is 0 Å². The molecule has 1 aromatic heterocycles. The van der Waals surface area contributed by atoms with Crippen molar-refractivity contribution < 1.29 is 4.79 Å². The molecule has 0 fully saturated rings. The molecule has 0 atom stereocenters. The molecule has 4 heteroatoms. The van der Waals surface area contributed by atoms with Crippen LogP contribution >= 0.6 is 0 Å². The highest BCUT2D eigenvalue weighted by Crippen LogP contribution is 2.22. The Hall–Kier alpha value is -2.62. The molecule has 0 radical (unpaired) electrons. The van der Waals surface area contributed by atoms with Gasteiger partial charge in [-0.1, -0.05) is 30.3 Å². The number of rotatable bonds is 2. The van der Waals surface area contributed by atoms with Crippen molar-refractivity contribution >= 4 is 22.4 Å². The minimum Gasteiger partial charge on any atom is -0.310 e. The molecular weight excluding hydrogens is 250 g/mol. The van der Waals surface area contributed by atoms with E-state index in [2.05, 4.69) is 16.3 Å². The standard InChI is InChI=1S/C16H15N3O/c1-11-9-15(18-17-11)16(20)19(2)14-8-7-12-5-3-4-6-13(12)10-14/h3-10H,1-2H3,(H,17,18). The number of aromatic amines is 1. The first-order valence-corrected chi connectivity index (χ1v) is 6.44. The van der Waals surface area contributed by atoms with Gasteiger partial charge in [0.1, 0.15) is 0 Å². The van der Waals surface area contributed by atoms with Crippen LogP contribution in [0.5, 0.6) is 0 Å². The molecule has 100 valence electrons. The van der Waals surface area contributed by atoms with Gasteiger partial charge in [0.15, 0.2) is 5.69 Å². The number of benzene rings is 2. The van der Waals surface area contributed by atoms with E-state index in [9.17, 15) is 4.79 Å². The highest BCUT2D eigenvalue weighted by molar-refractivity contribution is 6.05. The van der Waals surface area contributed by atoms with Crippen molar-refractivity contribution in [2.75, 3.05) is 11.9 Å². The van der Waals surface area contributed by atoms with Gasteiger partial charge in [0.2, 0.25) is 0 Å². The monoisotopic (exact) mass is 265 g/mol. The molecule has 3 rings (SSSR count). The van der Waals surface area contributed by atoms with Crippen LogP contribution in [0.2, 0.25) is 0 Å². The van der Waals surface area contributed by atoms with Crippen LogP contribution in [-0.2, 0) is 0 Å². The molecular formula is C16H15N3O. The third-order valence-electron chi connectivity index (χ3n) is 3.35. The Morgan fingerprint density at radius 3 is 2.55 bits per heavy atom. The van der Waals surface area contributed by atoms with Gasteiger partial charge in [-0.15, -0.1) is 0 Å². The Labute approximate surface area is 117 Å². The summed E-state index contributed by atoms with van der Waals surface area (Å²) >= 11 is 0. The van der Waals surface area contributed by atoms with E-state index < -0.39 is 0 Å². The number of fused-ring (bicyclic) bond motifs is 1. The van der Waals surface area contributed by atoms with E-state index in [0.29, 0.717) is 5.69 Å². The lowest BCUT2D eigenvalue weighted by atomic mass is 10.1. The second-order valence-corrected chi connectivity index (χ2v) is 4.83. The Morgan fingerprint density at radius 1 is 1.10 bits per heavy atom. The first kappa shape index (κ1) is 12.4. The number of H-pyrrole nitrogens is 1. The highest BCUT2D eigenvalue weighted by Gasteiger charge is 2.16. The molecule has 0 aliphatic heterocycles. The van der Waals surface area contributed by atoms with Crippen LogP contribution in [0.25, 0.3) is 10.8 Å². The Kier molecular flexibility index (Phi) is 2.99. The fourth-order valence-electron chi connectivity index (χ4n) is 2.20. The third-order valence-corrected chi connectivity index (χ3v) is 3.35. The van der Waals surface area contributed by atoms with Crippen LogP contribution in [0, 0.1) is 6.92 Å². The molecule has 3 aromatic rings. The van der Waals surface area contributed by atoms with Gasteiger partial charge in [-0.3, -0.25) is 9.89 Å². The summed E-state index contributed by atoms with van der Waals surface area (Å²) in [5.74, 6) is -0.121. The predicted octanol–water partition coefficient (Wildman–Crippen LogP) is 3.15. The number of amides is 1. The van der Waals surface area contributed by atoms with Crippen molar-refractivity contribution in [3.05, 3.63) is 59.9 Å². The first-order valence-electron chi connectivity index (χ1n) is 6.44. The molecule has 1 amide bonds. The molecule has 0 aliphatic carbocycles. The number of hydrogen-bond donors (Lipinski definition) is 1. The Balaban J connectivity index is 1.95. The molecule has 0 unspecified atom stereocenters. The van der Waals surface area contributed by atoms with Gasteiger partial charge in [0, 0.05) is 18.4 Å². The Morgan fingerprint density at radius 2 is 1.85 bits per heavy atom. The first-order chi connectivity index (χ1) is 9.65. The summed E-state index contributed by atoms with van der Waals surface area (Å²) in [4.78, 5) is 14.0. The van der Waals surface area contributed by atoms with E-state index in [1.165, 1.54) is 0 Å². The summed E-state index contributed by atoms with van der Waals surface area (Å²) in [6.45, 7) is 1.87. The van der Waals surface area contributed by atoms with E-state index in [0.717, 1.165) is 22.2 Å².